The second-order valence-electron chi connectivity index (χ2n) is 7.54. The van der Waals surface area contributed by atoms with Gasteiger partial charge in [0.25, 0.3) is 5.91 Å². The van der Waals surface area contributed by atoms with Crippen molar-refractivity contribution in [3.8, 4) is 5.75 Å². The molecule has 1 heterocycles. The van der Waals surface area contributed by atoms with Crippen molar-refractivity contribution in [1.82, 2.24) is 5.32 Å². The highest BCUT2D eigenvalue weighted by atomic mass is 16.5. The van der Waals surface area contributed by atoms with Crippen molar-refractivity contribution in [3.05, 3.63) is 29.3 Å². The first kappa shape index (κ1) is 15.9. The molecule has 0 aromatic heterocycles. The molecular formula is C20H27NO3. The maximum absolute atomic E-state index is 12.9. The minimum absolute atomic E-state index is 0.0322. The van der Waals surface area contributed by atoms with E-state index >= 15 is 0 Å². The number of rotatable bonds is 4. The molecule has 4 atom stereocenters. The summed E-state index contributed by atoms with van der Waals surface area (Å²) in [6.07, 6.45) is 6.70. The van der Waals surface area contributed by atoms with Gasteiger partial charge in [-0.3, -0.25) is 4.79 Å². The zero-order valence-electron chi connectivity index (χ0n) is 14.6. The normalized spacial score (nSPS) is 32.2. The monoisotopic (exact) mass is 329 g/mol. The van der Waals surface area contributed by atoms with Crippen LogP contribution < -0.4 is 10.1 Å². The largest absolute Gasteiger partial charge is 0.496 e. The summed E-state index contributed by atoms with van der Waals surface area (Å²) in [5.41, 5.74) is 1.63. The van der Waals surface area contributed by atoms with E-state index in [0.29, 0.717) is 17.9 Å². The van der Waals surface area contributed by atoms with E-state index in [4.69, 9.17) is 9.47 Å². The number of nitrogens with one attached hydrogen (secondary N) is 1. The smallest absolute Gasteiger partial charge is 0.251 e. The predicted molar refractivity (Wildman–Crippen MR) is 92.3 cm³/mol. The van der Waals surface area contributed by atoms with Gasteiger partial charge in [-0.2, -0.15) is 0 Å². The second kappa shape index (κ2) is 6.40. The third-order valence-corrected chi connectivity index (χ3v) is 6.43. The van der Waals surface area contributed by atoms with Crippen molar-refractivity contribution < 1.29 is 14.3 Å². The van der Waals surface area contributed by atoms with Gasteiger partial charge in [-0.15, -0.1) is 0 Å². The molecule has 4 rings (SSSR count). The molecule has 24 heavy (non-hydrogen) atoms. The molecule has 4 heteroatoms. The molecule has 1 saturated heterocycles. The van der Waals surface area contributed by atoms with Gasteiger partial charge >= 0.3 is 0 Å². The summed E-state index contributed by atoms with van der Waals surface area (Å²) in [7, 11) is 1.65. The van der Waals surface area contributed by atoms with E-state index in [1.54, 1.807) is 7.11 Å². The highest BCUT2D eigenvalue weighted by Gasteiger charge is 2.57. The average molecular weight is 329 g/mol. The zero-order valence-corrected chi connectivity index (χ0v) is 14.6. The number of amides is 1. The summed E-state index contributed by atoms with van der Waals surface area (Å²) in [6.45, 7) is 2.80. The standard InChI is InChI=1S/C20H27NO3/c1-12-14(8-5-9-16(12)23-2)20(22)21-18-15-10-11-24-19(15)17(18)13-6-3-4-7-13/h5,8-9,13,15,17-19H,3-4,6-7,10-11H2,1-2H3,(H,21,22)/t15-,17+,18+,19-/m1/s1. The van der Waals surface area contributed by atoms with Gasteiger partial charge in [0.1, 0.15) is 5.75 Å². The average Bonchev–Trinajstić information content (AvgIpc) is 3.24. The summed E-state index contributed by atoms with van der Waals surface area (Å²) in [5.74, 6) is 2.54. The summed E-state index contributed by atoms with van der Waals surface area (Å²) in [6, 6.07) is 5.95. The molecule has 0 unspecified atom stereocenters. The Morgan fingerprint density at radius 3 is 2.79 bits per heavy atom. The van der Waals surface area contributed by atoms with Crippen LogP contribution in [0.2, 0.25) is 0 Å². The van der Waals surface area contributed by atoms with E-state index in [0.717, 1.165) is 35.8 Å². The predicted octanol–water partition coefficient (Wildman–Crippen LogP) is 3.33. The van der Waals surface area contributed by atoms with Crippen LogP contribution in [0.1, 0.15) is 48.0 Å². The second-order valence-corrected chi connectivity index (χ2v) is 7.54. The molecule has 1 aliphatic heterocycles. The zero-order chi connectivity index (χ0) is 16.7. The molecule has 1 aromatic carbocycles. The van der Waals surface area contributed by atoms with Gasteiger partial charge in [0.2, 0.25) is 0 Å². The Labute approximate surface area is 143 Å². The van der Waals surface area contributed by atoms with Crippen LogP contribution in [-0.2, 0) is 4.74 Å². The van der Waals surface area contributed by atoms with Crippen LogP contribution in [0.15, 0.2) is 18.2 Å². The molecule has 3 fully saturated rings. The number of carbonyl (C=O) groups excluding carboxylic acids is 1. The Balaban J connectivity index is 1.52. The molecule has 2 aliphatic carbocycles. The lowest BCUT2D eigenvalue weighted by atomic mass is 9.61. The minimum Gasteiger partial charge on any atom is -0.496 e. The molecule has 130 valence electrons. The Kier molecular flexibility index (Phi) is 4.25. The fourth-order valence-corrected chi connectivity index (χ4v) is 5.17. The van der Waals surface area contributed by atoms with Crippen molar-refractivity contribution in [2.24, 2.45) is 17.8 Å². The van der Waals surface area contributed by atoms with Gasteiger partial charge in [0.15, 0.2) is 0 Å². The molecule has 2 saturated carbocycles. The van der Waals surface area contributed by atoms with Crippen LogP contribution >= 0.6 is 0 Å². The van der Waals surface area contributed by atoms with E-state index < -0.39 is 0 Å². The number of fused-ring (bicyclic) bond motifs is 1. The SMILES string of the molecule is COc1cccc(C(=O)N[C@H]2[C@H]3CCO[C@H]3[C@H]2C2CCCC2)c1C. The number of hydrogen-bond acceptors (Lipinski definition) is 3. The fraction of sp³-hybridized carbons (Fsp3) is 0.650. The molecule has 3 aliphatic rings. The fourth-order valence-electron chi connectivity index (χ4n) is 5.17. The van der Waals surface area contributed by atoms with Crippen LogP contribution in [0, 0.1) is 24.7 Å². The van der Waals surface area contributed by atoms with Crippen molar-refractivity contribution in [2.75, 3.05) is 13.7 Å². The maximum Gasteiger partial charge on any atom is 0.251 e. The topological polar surface area (TPSA) is 47.6 Å². The Hall–Kier alpha value is -1.55. The van der Waals surface area contributed by atoms with Gasteiger partial charge in [-0.1, -0.05) is 31.7 Å². The molecule has 1 aromatic rings. The van der Waals surface area contributed by atoms with E-state index in [2.05, 4.69) is 5.32 Å². The first-order chi connectivity index (χ1) is 11.7. The maximum atomic E-state index is 12.9. The van der Waals surface area contributed by atoms with Crippen molar-refractivity contribution in [2.45, 2.75) is 51.2 Å². The highest BCUT2D eigenvalue weighted by Crippen LogP contribution is 2.51. The number of methoxy groups -OCH3 is 1. The first-order valence-electron chi connectivity index (χ1n) is 9.26. The summed E-state index contributed by atoms with van der Waals surface area (Å²) in [4.78, 5) is 12.9. The summed E-state index contributed by atoms with van der Waals surface area (Å²) in [5, 5.41) is 3.35. The van der Waals surface area contributed by atoms with Crippen molar-refractivity contribution in [3.63, 3.8) is 0 Å². The Morgan fingerprint density at radius 1 is 1.25 bits per heavy atom. The van der Waals surface area contributed by atoms with Gasteiger partial charge in [0.05, 0.1) is 13.2 Å². The summed E-state index contributed by atoms with van der Waals surface area (Å²) < 4.78 is 11.3. The van der Waals surface area contributed by atoms with Crippen LogP contribution in [-0.4, -0.2) is 31.8 Å². The third-order valence-electron chi connectivity index (χ3n) is 6.43. The Bertz CT molecular complexity index is 619. The lowest BCUT2D eigenvalue weighted by Gasteiger charge is -2.50. The van der Waals surface area contributed by atoms with Gasteiger partial charge in [0, 0.05) is 35.6 Å². The van der Waals surface area contributed by atoms with Crippen LogP contribution in [0.5, 0.6) is 5.75 Å². The number of benzene rings is 1. The third kappa shape index (κ3) is 2.52. The first-order valence-corrected chi connectivity index (χ1v) is 9.26. The molecule has 0 bridgehead atoms. The van der Waals surface area contributed by atoms with E-state index in [-0.39, 0.29) is 11.9 Å². The van der Waals surface area contributed by atoms with Crippen molar-refractivity contribution in [1.29, 1.82) is 0 Å². The van der Waals surface area contributed by atoms with E-state index in [1.165, 1.54) is 25.7 Å². The molecule has 4 nitrogen and oxygen atoms in total. The van der Waals surface area contributed by atoms with E-state index in [9.17, 15) is 4.79 Å². The number of carbonyl (C=O) groups is 1. The van der Waals surface area contributed by atoms with Crippen LogP contribution in [0.4, 0.5) is 0 Å². The highest BCUT2D eigenvalue weighted by molar-refractivity contribution is 5.96. The van der Waals surface area contributed by atoms with Crippen molar-refractivity contribution >= 4 is 5.91 Å². The minimum atomic E-state index is 0.0322. The Morgan fingerprint density at radius 2 is 2.04 bits per heavy atom. The van der Waals surface area contributed by atoms with Crippen LogP contribution in [0.3, 0.4) is 0 Å². The van der Waals surface area contributed by atoms with Gasteiger partial charge < -0.3 is 14.8 Å². The molecule has 0 spiro atoms. The summed E-state index contributed by atoms with van der Waals surface area (Å²) >= 11 is 0. The molecule has 1 amide bonds. The van der Waals surface area contributed by atoms with E-state index in [1.807, 2.05) is 25.1 Å². The van der Waals surface area contributed by atoms with Gasteiger partial charge in [-0.25, -0.2) is 0 Å². The molecular weight excluding hydrogens is 302 g/mol. The van der Waals surface area contributed by atoms with Gasteiger partial charge in [-0.05, 0) is 31.4 Å². The molecule has 0 radical (unpaired) electrons. The molecule has 1 N–H and O–H groups in total. The number of hydrogen-bond donors (Lipinski definition) is 1. The quantitative estimate of drug-likeness (QED) is 0.922. The lowest BCUT2D eigenvalue weighted by Crippen LogP contribution is -2.63. The van der Waals surface area contributed by atoms with Crippen LogP contribution in [0.25, 0.3) is 0 Å². The lowest BCUT2D eigenvalue weighted by molar-refractivity contribution is -0.0784. The number of ether oxygens (including phenoxy) is 2.